The minimum absolute atomic E-state index is 0.0764. The zero-order valence-corrected chi connectivity index (χ0v) is 15.0. The molecule has 2 aliphatic rings. The number of anilines is 1. The summed E-state index contributed by atoms with van der Waals surface area (Å²) in [6.07, 6.45) is -7.56. The molecule has 2 aromatic carbocycles. The lowest BCUT2D eigenvalue weighted by molar-refractivity contribution is -0.143. The van der Waals surface area contributed by atoms with Crippen LogP contribution in [0.25, 0.3) is 0 Å². The molecule has 0 aromatic heterocycles. The third-order valence-corrected chi connectivity index (χ3v) is 5.53. The summed E-state index contributed by atoms with van der Waals surface area (Å²) in [5, 5.41) is 0. The van der Waals surface area contributed by atoms with Crippen LogP contribution in [0.15, 0.2) is 41.3 Å². The van der Waals surface area contributed by atoms with Crippen LogP contribution in [0.1, 0.15) is 24.0 Å². The molecule has 0 radical (unpaired) electrons. The van der Waals surface area contributed by atoms with Crippen molar-refractivity contribution in [1.29, 1.82) is 0 Å². The third kappa shape index (κ3) is 3.75. The fourth-order valence-corrected chi connectivity index (χ4v) is 4.28. The van der Waals surface area contributed by atoms with E-state index in [1.807, 2.05) is 0 Å². The van der Waals surface area contributed by atoms with Crippen molar-refractivity contribution < 1.29 is 31.1 Å². The molecule has 4 rings (SSSR count). The van der Waals surface area contributed by atoms with Crippen LogP contribution in [0.3, 0.4) is 0 Å². The van der Waals surface area contributed by atoms with E-state index in [1.165, 1.54) is 11.9 Å². The molecule has 0 saturated carbocycles. The van der Waals surface area contributed by atoms with Gasteiger partial charge in [0.25, 0.3) is 0 Å². The van der Waals surface area contributed by atoms with Gasteiger partial charge >= 0.3 is 12.4 Å². The van der Waals surface area contributed by atoms with Gasteiger partial charge < -0.3 is 9.64 Å². The normalized spacial score (nSPS) is 19.4. The topological polar surface area (TPSA) is 24.5 Å². The zero-order valence-electron chi connectivity index (χ0n) is 14.2. The van der Waals surface area contributed by atoms with Crippen molar-refractivity contribution in [2.24, 2.45) is 0 Å². The number of nitrogens with one attached hydrogen (secondary N) is 1. The Labute approximate surface area is 160 Å². The maximum atomic E-state index is 13.0. The van der Waals surface area contributed by atoms with Crippen LogP contribution in [-0.2, 0) is 12.4 Å². The van der Waals surface area contributed by atoms with Gasteiger partial charge in [0.2, 0.25) is 0 Å². The molecule has 1 atom stereocenters. The zero-order chi connectivity index (χ0) is 20.1. The average molecular weight is 420 g/mol. The van der Waals surface area contributed by atoms with Crippen molar-refractivity contribution in [2.75, 3.05) is 11.4 Å². The molecule has 2 heterocycles. The molecule has 3 nitrogen and oxygen atoms in total. The van der Waals surface area contributed by atoms with Gasteiger partial charge in [0.15, 0.2) is 0 Å². The van der Waals surface area contributed by atoms with E-state index < -0.39 is 29.2 Å². The number of nitrogens with zero attached hydrogens (tertiary/aromatic N) is 1. The quantitative estimate of drug-likeness (QED) is 0.472. The molecule has 1 N–H and O–H groups in total. The van der Waals surface area contributed by atoms with Crippen LogP contribution in [0.4, 0.5) is 32.0 Å². The first-order valence-electron chi connectivity index (χ1n) is 8.42. The second kappa shape index (κ2) is 6.77. The molecular weight excluding hydrogens is 406 g/mol. The van der Waals surface area contributed by atoms with E-state index in [9.17, 15) is 26.3 Å². The molecule has 0 bridgehead atoms. The van der Waals surface area contributed by atoms with Gasteiger partial charge in [0.1, 0.15) is 11.5 Å². The summed E-state index contributed by atoms with van der Waals surface area (Å²) in [6.45, 7) is 0.883. The van der Waals surface area contributed by atoms with Gasteiger partial charge in [-0.3, -0.25) is 0 Å². The largest absolute Gasteiger partial charge is 0.457 e. The average Bonchev–Trinajstić information content (AvgIpc) is 3.09. The van der Waals surface area contributed by atoms with Crippen molar-refractivity contribution in [1.82, 2.24) is 4.72 Å². The minimum atomic E-state index is -4.92. The third-order valence-electron chi connectivity index (χ3n) is 4.60. The van der Waals surface area contributed by atoms with Gasteiger partial charge in [-0.05, 0) is 61.2 Å². The molecule has 1 unspecified atom stereocenters. The molecule has 2 aliphatic heterocycles. The molecule has 1 fully saturated rings. The molecule has 0 spiro atoms. The van der Waals surface area contributed by atoms with Gasteiger partial charge in [-0.2, -0.15) is 26.3 Å². The first kappa shape index (κ1) is 19.3. The molecule has 0 aliphatic carbocycles. The molecule has 28 heavy (non-hydrogen) atoms. The SMILES string of the molecule is FC(F)(F)c1cc(Oc2ccc3c(c2)SNC2CCCN32)cc(C(F)(F)F)c1. The van der Waals surface area contributed by atoms with E-state index in [0.717, 1.165) is 30.0 Å². The fraction of sp³-hybridized carbons (Fsp3) is 0.333. The summed E-state index contributed by atoms with van der Waals surface area (Å²) >= 11 is 1.37. The van der Waals surface area contributed by atoms with Crippen LogP contribution in [0.5, 0.6) is 11.5 Å². The highest BCUT2D eigenvalue weighted by Crippen LogP contribution is 2.42. The number of halogens is 6. The van der Waals surface area contributed by atoms with Crippen LogP contribution in [0, 0.1) is 0 Å². The molecule has 150 valence electrons. The van der Waals surface area contributed by atoms with Crippen molar-refractivity contribution in [3.63, 3.8) is 0 Å². The van der Waals surface area contributed by atoms with Gasteiger partial charge in [-0.25, -0.2) is 4.72 Å². The monoisotopic (exact) mass is 420 g/mol. The number of fused-ring (bicyclic) bond motifs is 3. The van der Waals surface area contributed by atoms with Gasteiger partial charge in [-0.15, -0.1) is 0 Å². The number of hydrogen-bond acceptors (Lipinski definition) is 4. The van der Waals surface area contributed by atoms with Crippen LogP contribution >= 0.6 is 11.9 Å². The predicted octanol–water partition coefficient (Wildman–Crippen LogP) is 6.05. The summed E-state index contributed by atoms with van der Waals surface area (Å²) in [5.41, 5.74) is -1.85. The van der Waals surface area contributed by atoms with Crippen LogP contribution in [0.2, 0.25) is 0 Å². The fourth-order valence-electron chi connectivity index (χ4n) is 3.31. The van der Waals surface area contributed by atoms with E-state index in [-0.39, 0.29) is 18.0 Å². The first-order valence-corrected chi connectivity index (χ1v) is 9.23. The Morgan fingerprint density at radius 1 is 0.929 bits per heavy atom. The van der Waals surface area contributed by atoms with E-state index >= 15 is 0 Å². The van der Waals surface area contributed by atoms with Crippen molar-refractivity contribution in [3.8, 4) is 11.5 Å². The first-order chi connectivity index (χ1) is 13.1. The lowest BCUT2D eigenvalue weighted by atomic mass is 10.1. The Balaban J connectivity index is 1.66. The smallest absolute Gasteiger partial charge is 0.416 e. The summed E-state index contributed by atoms with van der Waals surface area (Å²) in [4.78, 5) is 2.99. The van der Waals surface area contributed by atoms with Crippen molar-refractivity contribution in [2.45, 2.75) is 36.3 Å². The molecular formula is C18H14F6N2OS. The van der Waals surface area contributed by atoms with E-state index in [0.29, 0.717) is 12.1 Å². The Morgan fingerprint density at radius 2 is 1.61 bits per heavy atom. The van der Waals surface area contributed by atoms with Crippen molar-refractivity contribution in [3.05, 3.63) is 47.5 Å². The summed E-state index contributed by atoms with van der Waals surface area (Å²) in [7, 11) is 0. The van der Waals surface area contributed by atoms with Crippen molar-refractivity contribution >= 4 is 17.6 Å². The number of rotatable bonds is 2. The maximum Gasteiger partial charge on any atom is 0.416 e. The summed E-state index contributed by atoms with van der Waals surface area (Å²) < 4.78 is 86.6. The highest BCUT2D eigenvalue weighted by Gasteiger charge is 2.37. The summed E-state index contributed by atoms with van der Waals surface area (Å²) in [6, 6.07) is 6.14. The summed E-state index contributed by atoms with van der Waals surface area (Å²) in [5.74, 6) is -0.354. The Kier molecular flexibility index (Phi) is 4.65. The predicted molar refractivity (Wildman–Crippen MR) is 92.3 cm³/mol. The Bertz CT molecular complexity index is 866. The Morgan fingerprint density at radius 3 is 2.25 bits per heavy atom. The molecule has 10 heteroatoms. The van der Waals surface area contributed by atoms with Gasteiger partial charge in [-0.1, -0.05) is 0 Å². The number of alkyl halides is 6. The van der Waals surface area contributed by atoms with Crippen LogP contribution in [-0.4, -0.2) is 12.7 Å². The molecule has 1 saturated heterocycles. The number of hydrogen-bond donors (Lipinski definition) is 1. The highest BCUT2D eigenvalue weighted by molar-refractivity contribution is 7.97. The number of ether oxygens (including phenoxy) is 1. The van der Waals surface area contributed by atoms with E-state index in [4.69, 9.17) is 4.74 Å². The number of benzene rings is 2. The molecule has 0 amide bonds. The Hall–Kier alpha value is -2.07. The lowest BCUT2D eigenvalue weighted by Crippen LogP contribution is -2.41. The van der Waals surface area contributed by atoms with Crippen LogP contribution < -0.4 is 14.4 Å². The lowest BCUT2D eigenvalue weighted by Gasteiger charge is -2.33. The second-order valence-corrected chi connectivity index (χ2v) is 7.42. The minimum Gasteiger partial charge on any atom is -0.457 e. The van der Waals surface area contributed by atoms with E-state index in [2.05, 4.69) is 9.62 Å². The van der Waals surface area contributed by atoms with Gasteiger partial charge in [0, 0.05) is 11.4 Å². The van der Waals surface area contributed by atoms with E-state index in [1.54, 1.807) is 18.2 Å². The maximum absolute atomic E-state index is 13.0. The second-order valence-electron chi connectivity index (χ2n) is 6.54. The highest BCUT2D eigenvalue weighted by atomic mass is 32.2. The standard InChI is InChI=1S/C18H14F6N2OS/c19-17(20,21)10-6-11(18(22,23)24)8-13(7-10)27-12-3-4-14-15(9-12)28-25-16-2-1-5-26(14)16/h3-4,6-9,16,25H,1-2,5H2. The molecule has 2 aromatic rings. The van der Waals surface area contributed by atoms with Gasteiger partial charge in [0.05, 0.1) is 23.0 Å².